The van der Waals surface area contributed by atoms with E-state index in [2.05, 4.69) is 125 Å². The smallest absolute Gasteiger partial charge is 0.125 e. The average Bonchev–Trinajstić information content (AvgIpc) is 3.45. The second kappa shape index (κ2) is 11.4. The van der Waals surface area contributed by atoms with Crippen molar-refractivity contribution in [3.8, 4) is 11.5 Å². The van der Waals surface area contributed by atoms with Gasteiger partial charge in [0, 0.05) is 0 Å². The first-order chi connectivity index (χ1) is 21.9. The van der Waals surface area contributed by atoms with Gasteiger partial charge in [-0.05, 0) is 110 Å². The van der Waals surface area contributed by atoms with Gasteiger partial charge in [-0.3, -0.25) is 0 Å². The van der Waals surface area contributed by atoms with Crippen LogP contribution in [0.4, 0.5) is 0 Å². The van der Waals surface area contributed by atoms with Crippen LogP contribution in [0.3, 0.4) is 0 Å². The van der Waals surface area contributed by atoms with Crippen molar-refractivity contribution in [1.82, 2.24) is 0 Å². The summed E-state index contributed by atoms with van der Waals surface area (Å²) in [6, 6.07) is 26.5. The number of allylic oxidation sites excluding steroid dienone is 4. The molecule has 5 aromatic carbocycles. The number of fused-ring (bicyclic) bond motifs is 7. The predicted molar refractivity (Wildman–Crippen MR) is 184 cm³/mol. The first kappa shape index (κ1) is 29.1. The molecule has 5 aromatic rings. The van der Waals surface area contributed by atoms with E-state index in [9.17, 15) is 10.2 Å². The molecule has 4 heteroatoms. The Morgan fingerprint density at radius 1 is 0.622 bits per heavy atom. The maximum absolute atomic E-state index is 9.47. The van der Waals surface area contributed by atoms with E-state index in [-0.39, 0.29) is 26.4 Å². The molecule has 0 aromatic heterocycles. The fraction of sp³-hybridized carbons (Fsp3) is 0.220. The third-order valence-corrected chi connectivity index (χ3v) is 9.33. The molecule has 0 saturated carbocycles. The summed E-state index contributed by atoms with van der Waals surface area (Å²) in [7, 11) is 0. The second-order valence-corrected chi connectivity index (χ2v) is 12.2. The molecule has 0 amide bonds. The largest absolute Gasteiger partial charge is 0.491 e. The summed E-state index contributed by atoms with van der Waals surface area (Å²) >= 11 is 0. The lowest BCUT2D eigenvalue weighted by molar-refractivity contribution is 0.200. The molecule has 0 saturated heterocycles. The molecule has 45 heavy (non-hydrogen) atoms. The quantitative estimate of drug-likeness (QED) is 0.204. The Morgan fingerprint density at radius 2 is 1.09 bits per heavy atom. The summed E-state index contributed by atoms with van der Waals surface area (Å²) in [5, 5.41) is 26.5. The van der Waals surface area contributed by atoms with E-state index in [0.29, 0.717) is 0 Å². The number of hydrogen-bond donors (Lipinski definition) is 2. The van der Waals surface area contributed by atoms with Gasteiger partial charge in [-0.25, -0.2) is 0 Å². The first-order valence-electron chi connectivity index (χ1n) is 15.7. The predicted octanol–water partition coefficient (Wildman–Crippen LogP) is 6.40. The van der Waals surface area contributed by atoms with Gasteiger partial charge in [0.25, 0.3) is 0 Å². The van der Waals surface area contributed by atoms with Gasteiger partial charge in [-0.1, -0.05) is 91.0 Å². The lowest BCUT2D eigenvalue weighted by atomic mass is 9.64. The first-order valence-corrected chi connectivity index (χ1v) is 15.7. The van der Waals surface area contributed by atoms with Crippen LogP contribution in [0.15, 0.2) is 96.6 Å². The monoisotopic (exact) mass is 594 g/mol. The van der Waals surface area contributed by atoms with Crippen LogP contribution in [0, 0.1) is 27.7 Å². The molecule has 0 fully saturated rings. The third kappa shape index (κ3) is 4.51. The lowest BCUT2D eigenvalue weighted by Gasteiger charge is -2.38. The number of rotatable bonds is 8. The van der Waals surface area contributed by atoms with E-state index in [4.69, 9.17) is 9.47 Å². The molecular weight excluding hydrogens is 556 g/mol. The van der Waals surface area contributed by atoms with Crippen LogP contribution in [0.2, 0.25) is 0 Å². The van der Waals surface area contributed by atoms with Crippen LogP contribution in [-0.2, 0) is 5.41 Å². The zero-order valence-electron chi connectivity index (χ0n) is 26.3. The Hall–Kier alpha value is -4.64. The van der Waals surface area contributed by atoms with Crippen molar-refractivity contribution < 1.29 is 19.7 Å². The van der Waals surface area contributed by atoms with Gasteiger partial charge in [-0.2, -0.15) is 0 Å². The van der Waals surface area contributed by atoms with Gasteiger partial charge >= 0.3 is 0 Å². The summed E-state index contributed by atoms with van der Waals surface area (Å²) < 4.78 is 12.0. The fourth-order valence-electron chi connectivity index (χ4n) is 7.65. The molecule has 7 rings (SSSR count). The minimum atomic E-state index is -0.618. The van der Waals surface area contributed by atoms with E-state index < -0.39 is 5.41 Å². The van der Waals surface area contributed by atoms with Crippen molar-refractivity contribution in [3.05, 3.63) is 140 Å². The molecule has 226 valence electrons. The normalized spacial score (nSPS) is 14.7. The Balaban J connectivity index is 1.64. The molecule has 0 unspecified atom stereocenters. The molecule has 0 radical (unpaired) electrons. The van der Waals surface area contributed by atoms with E-state index in [0.717, 1.165) is 44.9 Å². The maximum Gasteiger partial charge on any atom is 0.125 e. The number of aryl methyl sites for hydroxylation is 4. The van der Waals surface area contributed by atoms with Crippen molar-refractivity contribution >= 4 is 33.2 Å². The number of aliphatic hydroxyl groups excluding tert-OH is 2. The van der Waals surface area contributed by atoms with Crippen LogP contribution in [-0.4, -0.2) is 36.6 Å². The van der Waals surface area contributed by atoms with Gasteiger partial charge in [0.1, 0.15) is 24.7 Å². The van der Waals surface area contributed by atoms with E-state index >= 15 is 0 Å². The van der Waals surface area contributed by atoms with Crippen LogP contribution in [0.1, 0.15) is 33.4 Å². The highest BCUT2D eigenvalue weighted by Gasteiger charge is 2.42. The highest BCUT2D eigenvalue weighted by molar-refractivity contribution is 6.12. The number of ether oxygens (including phenoxy) is 2. The zero-order valence-corrected chi connectivity index (χ0v) is 26.3. The summed E-state index contributed by atoms with van der Waals surface area (Å²) in [6.45, 7) is 8.80. The van der Waals surface area contributed by atoms with Gasteiger partial charge in [-0.15, -0.1) is 0 Å². The number of aliphatic hydroxyl groups is 2. The molecule has 2 aliphatic rings. The minimum Gasteiger partial charge on any atom is -0.491 e. The van der Waals surface area contributed by atoms with E-state index in [1.54, 1.807) is 0 Å². The van der Waals surface area contributed by atoms with Crippen molar-refractivity contribution in [2.75, 3.05) is 26.4 Å². The number of benzene rings is 5. The lowest BCUT2D eigenvalue weighted by Crippen LogP contribution is -2.36. The molecule has 2 aliphatic carbocycles. The Labute approximate surface area is 263 Å². The minimum absolute atomic E-state index is 0.0315. The molecule has 0 bridgehead atoms. The second-order valence-electron chi connectivity index (χ2n) is 12.2. The fourth-order valence-corrected chi connectivity index (χ4v) is 7.65. The standard InChI is InChI=1S/C41H38O4/c1-25-20-30(21-26(2)39(25)44-18-16-42)41(31-22-27(3)40(28(4)23-31)45-19-17-43)15-9-10-29-24-36-34-13-6-5-11-32(34)33-12-7-8-14-35(33)37(36)38(29)41/h5-15,20-24,42-43H,16-19H2,1-4H3. The maximum atomic E-state index is 9.47. The molecule has 2 N–H and O–H groups in total. The van der Waals surface area contributed by atoms with Crippen LogP contribution in [0.5, 0.6) is 11.5 Å². The van der Waals surface area contributed by atoms with E-state index in [1.165, 1.54) is 43.1 Å². The molecular formula is C41H38O4. The van der Waals surface area contributed by atoms with Crippen molar-refractivity contribution in [2.24, 2.45) is 0 Å². The highest BCUT2D eigenvalue weighted by Crippen LogP contribution is 2.50. The summed E-state index contributed by atoms with van der Waals surface area (Å²) in [5.74, 6) is 1.64. The Morgan fingerprint density at radius 3 is 1.60 bits per heavy atom. The van der Waals surface area contributed by atoms with Crippen molar-refractivity contribution in [2.45, 2.75) is 33.1 Å². The molecule has 0 heterocycles. The Kier molecular flexibility index (Phi) is 7.35. The van der Waals surface area contributed by atoms with Gasteiger partial charge in [0.05, 0.1) is 18.6 Å². The molecule has 0 aliphatic heterocycles. The van der Waals surface area contributed by atoms with E-state index in [1.807, 2.05) is 0 Å². The van der Waals surface area contributed by atoms with Crippen LogP contribution < -0.4 is 19.9 Å². The summed E-state index contributed by atoms with van der Waals surface area (Å²) in [5.41, 5.74) is 8.31. The highest BCUT2D eigenvalue weighted by atomic mass is 16.5. The zero-order chi connectivity index (χ0) is 31.3. The SMILES string of the molecule is Cc1cc(C2(c3cc(C)c(OCCO)c(C)c3)C=CC=C3C=c4c(c5ccccc5c5ccccc45)=C32)cc(C)c1OCCO. The molecule has 0 spiro atoms. The van der Waals surface area contributed by atoms with Gasteiger partial charge in [0.2, 0.25) is 0 Å². The molecule has 4 nitrogen and oxygen atoms in total. The molecule has 0 atom stereocenters. The summed E-state index contributed by atoms with van der Waals surface area (Å²) in [6.07, 6.45) is 9.17. The van der Waals surface area contributed by atoms with Gasteiger partial charge in [0.15, 0.2) is 0 Å². The Bertz CT molecular complexity index is 2070. The summed E-state index contributed by atoms with van der Waals surface area (Å²) in [4.78, 5) is 0. The third-order valence-electron chi connectivity index (χ3n) is 9.33. The van der Waals surface area contributed by atoms with Crippen molar-refractivity contribution in [1.29, 1.82) is 0 Å². The van der Waals surface area contributed by atoms with Crippen LogP contribution >= 0.6 is 0 Å². The van der Waals surface area contributed by atoms with Crippen LogP contribution in [0.25, 0.3) is 33.2 Å². The topological polar surface area (TPSA) is 58.9 Å². The number of hydrogen-bond acceptors (Lipinski definition) is 4. The average molecular weight is 595 g/mol. The van der Waals surface area contributed by atoms with Gasteiger partial charge < -0.3 is 19.7 Å². The van der Waals surface area contributed by atoms with Crippen molar-refractivity contribution in [3.63, 3.8) is 0 Å².